The first-order valence-corrected chi connectivity index (χ1v) is 5.83. The predicted molar refractivity (Wildman–Crippen MR) is 67.2 cm³/mol. The van der Waals surface area contributed by atoms with Gasteiger partial charge in [-0.1, -0.05) is 12.2 Å². The molecule has 0 aromatic rings. The first-order chi connectivity index (χ1) is 7.32. The SMILES string of the molecule is [B]C1=CC(B2OC(C)(C)C(C)(C)O2)=CCC1. The van der Waals surface area contributed by atoms with Crippen LogP contribution in [0.1, 0.15) is 40.5 Å². The minimum atomic E-state index is -0.279. The molecule has 0 aromatic heterocycles. The quantitative estimate of drug-likeness (QED) is 0.626. The van der Waals surface area contributed by atoms with E-state index in [1.165, 1.54) is 0 Å². The van der Waals surface area contributed by atoms with E-state index in [1.54, 1.807) is 0 Å². The van der Waals surface area contributed by atoms with Gasteiger partial charge >= 0.3 is 7.12 Å². The van der Waals surface area contributed by atoms with E-state index in [9.17, 15) is 0 Å². The van der Waals surface area contributed by atoms with E-state index in [2.05, 4.69) is 33.8 Å². The van der Waals surface area contributed by atoms with Crippen molar-refractivity contribution in [2.75, 3.05) is 0 Å². The lowest BCUT2D eigenvalue weighted by Crippen LogP contribution is -2.41. The highest BCUT2D eigenvalue weighted by atomic mass is 16.7. The van der Waals surface area contributed by atoms with Gasteiger partial charge < -0.3 is 9.31 Å². The Morgan fingerprint density at radius 3 is 2.25 bits per heavy atom. The predicted octanol–water partition coefficient (Wildman–Crippen LogP) is 2.39. The number of rotatable bonds is 1. The van der Waals surface area contributed by atoms with E-state index < -0.39 is 0 Å². The summed E-state index contributed by atoms with van der Waals surface area (Å²) in [6.45, 7) is 8.24. The molecule has 0 N–H and O–H groups in total. The minimum absolute atomic E-state index is 0.274. The zero-order valence-corrected chi connectivity index (χ0v) is 10.5. The summed E-state index contributed by atoms with van der Waals surface area (Å²) in [5, 5.41) is 0. The summed E-state index contributed by atoms with van der Waals surface area (Å²) in [6.07, 6.45) is 6.04. The normalized spacial score (nSPS) is 27.6. The molecule has 1 fully saturated rings. The third-order valence-electron chi connectivity index (χ3n) is 3.69. The van der Waals surface area contributed by atoms with Gasteiger partial charge in [0.2, 0.25) is 0 Å². The van der Waals surface area contributed by atoms with Gasteiger partial charge in [0.05, 0.1) is 11.2 Å². The van der Waals surface area contributed by atoms with E-state index in [0.717, 1.165) is 23.8 Å². The second-order valence-electron chi connectivity index (χ2n) is 5.55. The summed E-state index contributed by atoms with van der Waals surface area (Å²) in [5.41, 5.74) is 1.41. The fraction of sp³-hybridized carbons (Fsp3) is 0.667. The van der Waals surface area contributed by atoms with Crippen molar-refractivity contribution in [1.82, 2.24) is 0 Å². The Morgan fingerprint density at radius 2 is 1.75 bits per heavy atom. The van der Waals surface area contributed by atoms with Crippen LogP contribution in [0.4, 0.5) is 0 Å². The topological polar surface area (TPSA) is 18.5 Å². The molecule has 2 radical (unpaired) electrons. The van der Waals surface area contributed by atoms with Gasteiger partial charge in [0.1, 0.15) is 7.85 Å². The Kier molecular flexibility index (Phi) is 2.83. The van der Waals surface area contributed by atoms with Crippen LogP contribution in [0.2, 0.25) is 0 Å². The van der Waals surface area contributed by atoms with Gasteiger partial charge in [-0.15, -0.1) is 5.47 Å². The Balaban J connectivity index is 2.18. The summed E-state index contributed by atoms with van der Waals surface area (Å²) in [4.78, 5) is 0. The fourth-order valence-electron chi connectivity index (χ4n) is 1.89. The molecule has 2 nitrogen and oxygen atoms in total. The van der Waals surface area contributed by atoms with Crippen molar-refractivity contribution in [1.29, 1.82) is 0 Å². The standard InChI is InChI=1S/C12H18B2O2/c1-11(2)12(3,4)16-14(15-11)10-7-5-6-9(13)8-10/h7-8H,5-6H2,1-4H3. The molecule has 0 saturated carbocycles. The van der Waals surface area contributed by atoms with Crippen LogP contribution >= 0.6 is 0 Å². The molecule has 1 aliphatic heterocycles. The van der Waals surface area contributed by atoms with Crippen molar-refractivity contribution in [3.8, 4) is 0 Å². The van der Waals surface area contributed by atoms with Gasteiger partial charge in [-0.2, -0.15) is 0 Å². The van der Waals surface area contributed by atoms with Crippen LogP contribution in [-0.4, -0.2) is 26.2 Å². The van der Waals surface area contributed by atoms with Crippen LogP contribution in [0.15, 0.2) is 23.1 Å². The average molecular weight is 216 g/mol. The van der Waals surface area contributed by atoms with E-state index in [4.69, 9.17) is 17.2 Å². The first-order valence-electron chi connectivity index (χ1n) is 5.83. The lowest BCUT2D eigenvalue weighted by molar-refractivity contribution is 0.00578. The number of hydrogen-bond acceptors (Lipinski definition) is 2. The Labute approximate surface area is 99.6 Å². The Hall–Kier alpha value is -0.470. The second-order valence-corrected chi connectivity index (χ2v) is 5.55. The number of hydrogen-bond donors (Lipinski definition) is 0. The van der Waals surface area contributed by atoms with Crippen molar-refractivity contribution in [2.45, 2.75) is 51.7 Å². The molecule has 1 aliphatic carbocycles. The lowest BCUT2D eigenvalue weighted by Gasteiger charge is -2.32. The monoisotopic (exact) mass is 216 g/mol. The lowest BCUT2D eigenvalue weighted by atomic mass is 9.71. The van der Waals surface area contributed by atoms with Crippen molar-refractivity contribution < 1.29 is 9.31 Å². The molecule has 1 saturated heterocycles. The molecule has 1 heterocycles. The summed E-state index contributed by atoms with van der Waals surface area (Å²) >= 11 is 0. The molecule has 2 aliphatic rings. The van der Waals surface area contributed by atoms with E-state index in [-0.39, 0.29) is 18.3 Å². The molecular weight excluding hydrogens is 198 g/mol. The summed E-state index contributed by atoms with van der Waals surface area (Å²) in [6, 6.07) is 0. The molecule has 0 atom stereocenters. The van der Waals surface area contributed by atoms with Crippen molar-refractivity contribution >= 4 is 15.0 Å². The first kappa shape index (κ1) is 12.0. The molecule has 4 heteroatoms. The molecule has 0 aromatic carbocycles. The third kappa shape index (κ3) is 2.01. The average Bonchev–Trinajstić information content (AvgIpc) is 2.36. The summed E-state index contributed by atoms with van der Waals surface area (Å²) in [7, 11) is 5.56. The summed E-state index contributed by atoms with van der Waals surface area (Å²) < 4.78 is 11.9. The highest BCUT2D eigenvalue weighted by molar-refractivity contribution is 6.56. The Morgan fingerprint density at radius 1 is 1.19 bits per heavy atom. The van der Waals surface area contributed by atoms with Gasteiger partial charge in [0, 0.05) is 0 Å². The molecule has 0 amide bonds. The molecule has 2 rings (SSSR count). The van der Waals surface area contributed by atoms with Crippen LogP contribution in [0.5, 0.6) is 0 Å². The van der Waals surface area contributed by atoms with E-state index >= 15 is 0 Å². The molecule has 0 spiro atoms. The maximum Gasteiger partial charge on any atom is 0.494 e. The van der Waals surface area contributed by atoms with E-state index in [0.29, 0.717) is 0 Å². The van der Waals surface area contributed by atoms with Crippen molar-refractivity contribution in [2.24, 2.45) is 0 Å². The zero-order chi connectivity index (χ0) is 12.0. The largest absolute Gasteiger partial charge is 0.494 e. The second kappa shape index (κ2) is 3.78. The van der Waals surface area contributed by atoms with Crippen molar-refractivity contribution in [3.05, 3.63) is 23.1 Å². The molecule has 84 valence electrons. The zero-order valence-electron chi connectivity index (χ0n) is 10.5. The minimum Gasteiger partial charge on any atom is -0.399 e. The maximum absolute atomic E-state index is 5.96. The van der Waals surface area contributed by atoms with Gasteiger partial charge in [0.15, 0.2) is 0 Å². The van der Waals surface area contributed by atoms with Crippen LogP contribution < -0.4 is 0 Å². The van der Waals surface area contributed by atoms with Gasteiger partial charge in [-0.3, -0.25) is 0 Å². The molecular formula is C12H18B2O2. The third-order valence-corrected chi connectivity index (χ3v) is 3.69. The van der Waals surface area contributed by atoms with Gasteiger partial charge in [-0.05, 0) is 46.0 Å². The van der Waals surface area contributed by atoms with Crippen LogP contribution in [0.25, 0.3) is 0 Å². The Bertz CT molecular complexity index is 340. The summed E-state index contributed by atoms with van der Waals surface area (Å²) in [5.74, 6) is 0. The van der Waals surface area contributed by atoms with Gasteiger partial charge in [-0.25, -0.2) is 0 Å². The highest BCUT2D eigenvalue weighted by Crippen LogP contribution is 2.39. The smallest absolute Gasteiger partial charge is 0.399 e. The molecule has 16 heavy (non-hydrogen) atoms. The van der Waals surface area contributed by atoms with Gasteiger partial charge in [0.25, 0.3) is 0 Å². The van der Waals surface area contributed by atoms with Crippen molar-refractivity contribution in [3.63, 3.8) is 0 Å². The maximum atomic E-state index is 5.96. The van der Waals surface area contributed by atoms with Crippen LogP contribution in [0.3, 0.4) is 0 Å². The van der Waals surface area contributed by atoms with Crippen LogP contribution in [-0.2, 0) is 9.31 Å². The number of allylic oxidation sites excluding steroid dienone is 4. The van der Waals surface area contributed by atoms with E-state index in [1.807, 2.05) is 6.08 Å². The molecule has 0 unspecified atom stereocenters. The molecule has 0 bridgehead atoms. The fourth-order valence-corrected chi connectivity index (χ4v) is 1.89. The van der Waals surface area contributed by atoms with Crippen LogP contribution in [0, 0.1) is 0 Å². The highest BCUT2D eigenvalue weighted by Gasteiger charge is 2.52.